The predicted molar refractivity (Wildman–Crippen MR) is 81.5 cm³/mol. The van der Waals surface area contributed by atoms with Gasteiger partial charge in [-0.25, -0.2) is 0 Å². The van der Waals surface area contributed by atoms with Gasteiger partial charge in [-0.2, -0.15) is 16.7 Å². The van der Waals surface area contributed by atoms with Gasteiger partial charge in [0.05, 0.1) is 11.7 Å². The number of hydrogen-bond acceptors (Lipinski definition) is 5. The molecule has 0 spiro atoms. The third-order valence-electron chi connectivity index (χ3n) is 3.44. The molecule has 0 bridgehead atoms. The fourth-order valence-electron chi connectivity index (χ4n) is 2.02. The van der Waals surface area contributed by atoms with Gasteiger partial charge in [-0.05, 0) is 26.3 Å². The molecule has 0 aliphatic rings. The van der Waals surface area contributed by atoms with E-state index in [1.165, 1.54) is 6.42 Å². The second kappa shape index (κ2) is 8.59. The average molecular weight is 285 g/mol. The summed E-state index contributed by atoms with van der Waals surface area (Å²) in [6, 6.07) is 0.366. The van der Waals surface area contributed by atoms with E-state index in [9.17, 15) is 0 Å². The van der Waals surface area contributed by atoms with Crippen molar-refractivity contribution in [3.8, 4) is 0 Å². The first-order valence-corrected chi connectivity index (χ1v) is 8.34. The fourth-order valence-corrected chi connectivity index (χ4v) is 2.80. The molecule has 1 N–H and O–H groups in total. The van der Waals surface area contributed by atoms with Crippen molar-refractivity contribution in [2.75, 3.05) is 6.54 Å². The van der Waals surface area contributed by atoms with Gasteiger partial charge in [0.2, 0.25) is 5.89 Å². The molecule has 19 heavy (non-hydrogen) atoms. The van der Waals surface area contributed by atoms with Gasteiger partial charge in [-0.1, -0.05) is 32.9 Å². The van der Waals surface area contributed by atoms with E-state index in [4.69, 9.17) is 4.52 Å². The van der Waals surface area contributed by atoms with Crippen LogP contribution in [0.2, 0.25) is 0 Å². The molecule has 0 saturated carbocycles. The highest BCUT2D eigenvalue weighted by Gasteiger charge is 2.23. The Labute approximate surface area is 121 Å². The lowest BCUT2D eigenvalue weighted by molar-refractivity contribution is 0.316. The van der Waals surface area contributed by atoms with Crippen molar-refractivity contribution in [1.29, 1.82) is 0 Å². The van der Waals surface area contributed by atoms with Crippen LogP contribution in [0.15, 0.2) is 4.52 Å². The standard InChI is InChI=1S/C14H27N3OS/c1-6-10(4)19-9-13-16-14(18-17-13)12(7-2)11(5)15-8-3/h10-12,15H,6-9H2,1-5H3. The van der Waals surface area contributed by atoms with Gasteiger partial charge < -0.3 is 9.84 Å². The Balaban J connectivity index is 2.60. The SMILES string of the molecule is CCNC(C)C(CC)c1nc(CSC(C)CC)no1. The molecule has 0 aliphatic carbocycles. The summed E-state index contributed by atoms with van der Waals surface area (Å²) in [6.07, 6.45) is 2.18. The lowest BCUT2D eigenvalue weighted by atomic mass is 9.98. The van der Waals surface area contributed by atoms with E-state index in [0.717, 1.165) is 30.4 Å². The zero-order chi connectivity index (χ0) is 14.3. The molecule has 1 aromatic rings. The zero-order valence-corrected chi connectivity index (χ0v) is 13.6. The molecule has 5 heteroatoms. The lowest BCUT2D eigenvalue weighted by Crippen LogP contribution is -2.31. The number of aromatic nitrogens is 2. The van der Waals surface area contributed by atoms with Crippen molar-refractivity contribution >= 4 is 11.8 Å². The Morgan fingerprint density at radius 2 is 1.95 bits per heavy atom. The van der Waals surface area contributed by atoms with Crippen LogP contribution in [0.25, 0.3) is 0 Å². The first kappa shape index (κ1) is 16.5. The highest BCUT2D eigenvalue weighted by Crippen LogP contribution is 2.24. The van der Waals surface area contributed by atoms with Crippen LogP contribution >= 0.6 is 11.8 Å². The smallest absolute Gasteiger partial charge is 0.231 e. The van der Waals surface area contributed by atoms with Crippen LogP contribution in [-0.2, 0) is 5.75 Å². The summed E-state index contributed by atoms with van der Waals surface area (Å²) in [5, 5.41) is 8.17. The summed E-state index contributed by atoms with van der Waals surface area (Å²) in [7, 11) is 0. The van der Waals surface area contributed by atoms with Crippen molar-refractivity contribution < 1.29 is 4.52 Å². The Morgan fingerprint density at radius 3 is 2.53 bits per heavy atom. The van der Waals surface area contributed by atoms with E-state index in [1.807, 2.05) is 11.8 Å². The molecule has 1 rings (SSSR count). The molecule has 0 radical (unpaired) electrons. The van der Waals surface area contributed by atoms with E-state index in [0.29, 0.717) is 17.2 Å². The third kappa shape index (κ3) is 5.15. The topological polar surface area (TPSA) is 51.0 Å². The summed E-state index contributed by atoms with van der Waals surface area (Å²) in [4.78, 5) is 4.55. The monoisotopic (exact) mass is 285 g/mol. The zero-order valence-electron chi connectivity index (χ0n) is 12.8. The molecule has 4 nitrogen and oxygen atoms in total. The van der Waals surface area contributed by atoms with E-state index in [1.54, 1.807) is 0 Å². The molecule has 3 atom stereocenters. The van der Waals surface area contributed by atoms with Gasteiger partial charge in [0.1, 0.15) is 0 Å². The largest absolute Gasteiger partial charge is 0.339 e. The predicted octanol–water partition coefficient (Wildman–Crippen LogP) is 3.59. The normalized spacial score (nSPS) is 16.3. The van der Waals surface area contributed by atoms with Gasteiger partial charge in [0.25, 0.3) is 0 Å². The van der Waals surface area contributed by atoms with Crippen LogP contribution < -0.4 is 5.32 Å². The second-order valence-electron chi connectivity index (χ2n) is 4.94. The fraction of sp³-hybridized carbons (Fsp3) is 0.857. The average Bonchev–Trinajstić information content (AvgIpc) is 2.86. The number of nitrogens with one attached hydrogen (secondary N) is 1. The quantitative estimate of drug-likeness (QED) is 0.751. The van der Waals surface area contributed by atoms with Crippen molar-refractivity contribution in [2.24, 2.45) is 0 Å². The van der Waals surface area contributed by atoms with Gasteiger partial charge in [0.15, 0.2) is 5.82 Å². The highest BCUT2D eigenvalue weighted by molar-refractivity contribution is 7.99. The van der Waals surface area contributed by atoms with Gasteiger partial charge in [-0.3, -0.25) is 0 Å². The van der Waals surface area contributed by atoms with Crippen LogP contribution in [0.4, 0.5) is 0 Å². The van der Waals surface area contributed by atoms with Crippen LogP contribution in [0.5, 0.6) is 0 Å². The molecule has 1 aromatic heterocycles. The minimum Gasteiger partial charge on any atom is -0.339 e. The Hall–Kier alpha value is -0.550. The minimum atomic E-state index is 0.301. The number of likely N-dealkylation sites (N-methyl/N-ethyl adjacent to an activating group) is 1. The van der Waals surface area contributed by atoms with Crippen molar-refractivity contribution in [3.63, 3.8) is 0 Å². The molecule has 3 unspecified atom stereocenters. The van der Waals surface area contributed by atoms with Crippen LogP contribution in [0.1, 0.15) is 65.1 Å². The number of rotatable bonds is 9. The van der Waals surface area contributed by atoms with Crippen molar-refractivity contribution in [1.82, 2.24) is 15.5 Å². The summed E-state index contributed by atoms with van der Waals surface area (Å²) in [6.45, 7) is 11.8. The van der Waals surface area contributed by atoms with Gasteiger partial charge >= 0.3 is 0 Å². The number of thioether (sulfide) groups is 1. The Morgan fingerprint density at radius 1 is 1.21 bits per heavy atom. The van der Waals surface area contributed by atoms with Gasteiger partial charge in [0, 0.05) is 11.3 Å². The Kier molecular flexibility index (Phi) is 7.46. The Bertz CT molecular complexity index is 356. The number of nitrogens with zero attached hydrogens (tertiary/aromatic N) is 2. The molecule has 0 saturated heterocycles. The number of hydrogen-bond donors (Lipinski definition) is 1. The molecular formula is C14H27N3OS. The van der Waals surface area contributed by atoms with E-state index in [2.05, 4.69) is 50.1 Å². The lowest BCUT2D eigenvalue weighted by Gasteiger charge is -2.19. The molecule has 110 valence electrons. The summed E-state index contributed by atoms with van der Waals surface area (Å²) < 4.78 is 5.44. The summed E-state index contributed by atoms with van der Waals surface area (Å²) >= 11 is 1.88. The van der Waals surface area contributed by atoms with Crippen LogP contribution in [0, 0.1) is 0 Å². The molecule has 1 heterocycles. The first-order valence-electron chi connectivity index (χ1n) is 7.29. The molecular weight excluding hydrogens is 258 g/mol. The third-order valence-corrected chi connectivity index (χ3v) is 4.77. The second-order valence-corrected chi connectivity index (χ2v) is 6.37. The van der Waals surface area contributed by atoms with Crippen molar-refractivity contribution in [3.05, 3.63) is 11.7 Å². The minimum absolute atomic E-state index is 0.301. The molecule has 0 aromatic carbocycles. The first-order chi connectivity index (χ1) is 9.12. The molecule has 0 aliphatic heterocycles. The maximum Gasteiger partial charge on any atom is 0.231 e. The maximum atomic E-state index is 5.44. The van der Waals surface area contributed by atoms with E-state index >= 15 is 0 Å². The highest BCUT2D eigenvalue weighted by atomic mass is 32.2. The van der Waals surface area contributed by atoms with E-state index < -0.39 is 0 Å². The van der Waals surface area contributed by atoms with Crippen LogP contribution in [-0.4, -0.2) is 28.0 Å². The maximum absolute atomic E-state index is 5.44. The summed E-state index contributed by atoms with van der Waals surface area (Å²) in [5.74, 6) is 2.73. The van der Waals surface area contributed by atoms with Crippen LogP contribution in [0.3, 0.4) is 0 Å². The molecule has 0 amide bonds. The van der Waals surface area contributed by atoms with Crippen molar-refractivity contribution in [2.45, 2.75) is 70.4 Å². The molecule has 0 fully saturated rings. The van der Waals surface area contributed by atoms with Gasteiger partial charge in [-0.15, -0.1) is 0 Å². The summed E-state index contributed by atoms with van der Waals surface area (Å²) in [5.41, 5.74) is 0. The van der Waals surface area contributed by atoms with E-state index in [-0.39, 0.29) is 0 Å².